The molecule has 1 amide bonds. The normalized spacial score (nSPS) is 28.1. The van der Waals surface area contributed by atoms with E-state index in [0.717, 1.165) is 23.6 Å². The van der Waals surface area contributed by atoms with Gasteiger partial charge in [-0.3, -0.25) is 4.79 Å². The molecule has 1 aromatic carbocycles. The van der Waals surface area contributed by atoms with Crippen molar-refractivity contribution in [2.24, 2.45) is 15.2 Å². The summed E-state index contributed by atoms with van der Waals surface area (Å²) in [5.41, 5.74) is 1.03. The molecule has 4 rings (SSSR count). The van der Waals surface area contributed by atoms with Gasteiger partial charge in [0.15, 0.2) is 11.5 Å². The molecule has 2 aliphatic heterocycles. The van der Waals surface area contributed by atoms with Gasteiger partial charge < -0.3 is 14.4 Å². The average molecular weight is 462 g/mol. The molecule has 0 N–H and O–H groups in total. The molecule has 0 spiro atoms. The number of amides is 1. The first-order valence-corrected chi connectivity index (χ1v) is 12.1. The standard InChI is InChI=1S/C23H31N3O5S/c1-22(2)11-16-12-23(3,13-22)14-26(16)21(27)18-10-17(24-32(28,29)25(18)4)15-7-8-19(30-5)20(9-15)31-6/h7-10,16H,11-14H2,1-6H3/t16-,23+/m0/s1. The van der Waals surface area contributed by atoms with Crippen LogP contribution in [0.3, 0.4) is 0 Å². The molecule has 2 heterocycles. The van der Waals surface area contributed by atoms with Crippen molar-refractivity contribution < 1.29 is 22.7 Å². The lowest BCUT2D eigenvalue weighted by Gasteiger charge is -2.39. The van der Waals surface area contributed by atoms with Crippen molar-refractivity contribution in [3.05, 3.63) is 35.5 Å². The topological polar surface area (TPSA) is 88.5 Å². The lowest BCUT2D eigenvalue weighted by atomic mass is 9.65. The monoisotopic (exact) mass is 461 g/mol. The number of nitrogens with zero attached hydrogens (tertiary/aromatic N) is 3. The first-order chi connectivity index (χ1) is 14.9. The Morgan fingerprint density at radius 2 is 1.81 bits per heavy atom. The first kappa shape index (κ1) is 22.6. The smallest absolute Gasteiger partial charge is 0.345 e. The average Bonchev–Trinajstić information content (AvgIpc) is 2.97. The van der Waals surface area contributed by atoms with Crippen LogP contribution in [-0.2, 0) is 15.0 Å². The van der Waals surface area contributed by atoms with Crippen molar-refractivity contribution in [3.8, 4) is 11.5 Å². The number of likely N-dealkylation sites (tertiary alicyclic amines) is 1. The van der Waals surface area contributed by atoms with Gasteiger partial charge in [0.2, 0.25) is 0 Å². The Morgan fingerprint density at radius 1 is 1.12 bits per heavy atom. The van der Waals surface area contributed by atoms with Crippen molar-refractivity contribution in [2.75, 3.05) is 27.8 Å². The van der Waals surface area contributed by atoms with Crippen molar-refractivity contribution in [1.29, 1.82) is 0 Å². The lowest BCUT2D eigenvalue weighted by Crippen LogP contribution is -2.43. The second kappa shape index (κ2) is 7.50. The van der Waals surface area contributed by atoms with Crippen LogP contribution >= 0.6 is 0 Å². The van der Waals surface area contributed by atoms with Crippen molar-refractivity contribution in [3.63, 3.8) is 0 Å². The number of carbonyl (C=O) groups is 1. The van der Waals surface area contributed by atoms with Gasteiger partial charge >= 0.3 is 10.2 Å². The largest absolute Gasteiger partial charge is 0.493 e. The maximum atomic E-state index is 13.6. The van der Waals surface area contributed by atoms with Gasteiger partial charge in [-0.25, -0.2) is 4.31 Å². The zero-order valence-electron chi connectivity index (χ0n) is 19.5. The molecule has 2 fully saturated rings. The molecule has 1 aromatic rings. The van der Waals surface area contributed by atoms with E-state index in [1.165, 1.54) is 21.3 Å². The van der Waals surface area contributed by atoms with E-state index in [-0.39, 0.29) is 34.2 Å². The molecule has 2 atom stereocenters. The van der Waals surface area contributed by atoms with E-state index in [4.69, 9.17) is 9.47 Å². The summed E-state index contributed by atoms with van der Waals surface area (Å²) in [6.07, 6.45) is 4.46. The molecule has 32 heavy (non-hydrogen) atoms. The van der Waals surface area contributed by atoms with Gasteiger partial charge in [0.1, 0.15) is 5.70 Å². The number of allylic oxidation sites excluding steroid dienone is 1. The highest BCUT2D eigenvalue weighted by Gasteiger charge is 2.52. The maximum absolute atomic E-state index is 13.6. The highest BCUT2D eigenvalue weighted by Crippen LogP contribution is 2.52. The van der Waals surface area contributed by atoms with Gasteiger partial charge in [0.05, 0.1) is 19.9 Å². The third kappa shape index (κ3) is 3.87. The van der Waals surface area contributed by atoms with Crippen LogP contribution < -0.4 is 9.47 Å². The van der Waals surface area contributed by atoms with Crippen molar-refractivity contribution in [2.45, 2.75) is 46.1 Å². The fourth-order valence-electron chi connectivity index (χ4n) is 5.73. The molecular weight excluding hydrogens is 430 g/mol. The Morgan fingerprint density at radius 3 is 2.47 bits per heavy atom. The van der Waals surface area contributed by atoms with Crippen LogP contribution in [0.15, 0.2) is 34.4 Å². The van der Waals surface area contributed by atoms with Gasteiger partial charge in [-0.2, -0.15) is 8.42 Å². The number of hydrogen-bond donors (Lipinski definition) is 0. The Hall–Kier alpha value is -2.55. The van der Waals surface area contributed by atoms with E-state index in [2.05, 4.69) is 25.2 Å². The Balaban J connectivity index is 1.72. The maximum Gasteiger partial charge on any atom is 0.345 e. The van der Waals surface area contributed by atoms with Crippen molar-refractivity contribution in [1.82, 2.24) is 9.21 Å². The van der Waals surface area contributed by atoms with E-state index >= 15 is 0 Å². The van der Waals surface area contributed by atoms with E-state index in [9.17, 15) is 13.2 Å². The Labute approximate surface area is 190 Å². The SMILES string of the molecule is COc1ccc(C2=NS(=O)(=O)N(C)C(C(=O)N3C[C@]4(C)C[C@@H]3CC(C)(C)C4)=C2)cc1OC. The molecule has 1 saturated carbocycles. The van der Waals surface area contributed by atoms with Gasteiger partial charge in [0, 0.05) is 25.2 Å². The van der Waals surface area contributed by atoms with Crippen LogP contribution in [0.2, 0.25) is 0 Å². The molecule has 1 aliphatic carbocycles. The van der Waals surface area contributed by atoms with E-state index in [1.807, 2.05) is 4.90 Å². The van der Waals surface area contributed by atoms with Crippen LogP contribution in [0.4, 0.5) is 0 Å². The molecule has 8 nitrogen and oxygen atoms in total. The third-order valence-electron chi connectivity index (χ3n) is 6.75. The third-order valence-corrected chi connectivity index (χ3v) is 8.06. The number of fused-ring (bicyclic) bond motifs is 2. The molecule has 1 saturated heterocycles. The molecule has 0 aromatic heterocycles. The Kier molecular flexibility index (Phi) is 5.31. The van der Waals surface area contributed by atoms with E-state index < -0.39 is 10.2 Å². The predicted octanol–water partition coefficient (Wildman–Crippen LogP) is 2.99. The highest BCUT2D eigenvalue weighted by molar-refractivity contribution is 7.88. The zero-order chi connectivity index (χ0) is 23.5. The van der Waals surface area contributed by atoms with Gasteiger partial charge in [0.25, 0.3) is 5.91 Å². The second-order valence-electron chi connectivity index (χ2n) is 10.2. The van der Waals surface area contributed by atoms with E-state index in [0.29, 0.717) is 23.6 Å². The summed E-state index contributed by atoms with van der Waals surface area (Å²) in [6, 6.07) is 5.15. The van der Waals surface area contributed by atoms with Crippen LogP contribution in [0.25, 0.3) is 0 Å². The molecule has 2 bridgehead atoms. The van der Waals surface area contributed by atoms with Crippen LogP contribution in [0.1, 0.15) is 45.6 Å². The number of carbonyl (C=O) groups excluding carboxylic acids is 1. The molecular formula is C23H31N3O5S. The summed E-state index contributed by atoms with van der Waals surface area (Å²) < 4.78 is 41.2. The number of methoxy groups -OCH3 is 2. The number of hydrogen-bond acceptors (Lipinski definition) is 5. The summed E-state index contributed by atoms with van der Waals surface area (Å²) in [5.74, 6) is 0.706. The summed E-state index contributed by atoms with van der Waals surface area (Å²) >= 11 is 0. The summed E-state index contributed by atoms with van der Waals surface area (Å²) in [6.45, 7) is 7.34. The minimum atomic E-state index is -4.04. The Bertz CT molecular complexity index is 1120. The number of ether oxygens (including phenoxy) is 2. The van der Waals surface area contributed by atoms with Crippen LogP contribution in [-0.4, -0.2) is 63.1 Å². The number of benzene rings is 1. The van der Waals surface area contributed by atoms with Gasteiger partial charge in [-0.1, -0.05) is 20.8 Å². The first-order valence-electron chi connectivity index (χ1n) is 10.7. The minimum absolute atomic E-state index is 0.0506. The molecule has 3 aliphatic rings. The predicted molar refractivity (Wildman–Crippen MR) is 122 cm³/mol. The van der Waals surface area contributed by atoms with E-state index in [1.54, 1.807) is 24.3 Å². The number of likely N-dealkylation sites (N-methyl/N-ethyl adjacent to an activating group) is 1. The summed E-state index contributed by atoms with van der Waals surface area (Å²) in [4.78, 5) is 15.5. The zero-order valence-corrected chi connectivity index (χ0v) is 20.3. The molecule has 9 heteroatoms. The fraction of sp³-hybridized carbons (Fsp3) is 0.565. The molecule has 0 radical (unpaired) electrons. The minimum Gasteiger partial charge on any atom is -0.493 e. The van der Waals surface area contributed by atoms with Crippen LogP contribution in [0.5, 0.6) is 11.5 Å². The summed E-state index contributed by atoms with van der Waals surface area (Å²) in [7, 11) is 0.367. The quantitative estimate of drug-likeness (QED) is 0.688. The number of rotatable bonds is 4. The fourth-order valence-corrected chi connectivity index (χ4v) is 6.64. The molecule has 0 unspecified atom stereocenters. The molecule has 174 valence electrons. The van der Waals surface area contributed by atoms with Crippen LogP contribution in [0, 0.1) is 10.8 Å². The van der Waals surface area contributed by atoms with Crippen molar-refractivity contribution >= 4 is 21.8 Å². The lowest BCUT2D eigenvalue weighted by molar-refractivity contribution is -0.129. The van der Waals surface area contributed by atoms with Gasteiger partial charge in [-0.05, 0) is 54.4 Å². The summed E-state index contributed by atoms with van der Waals surface area (Å²) in [5, 5.41) is 0. The second-order valence-corrected chi connectivity index (χ2v) is 11.8. The van der Waals surface area contributed by atoms with Gasteiger partial charge in [-0.15, -0.1) is 4.40 Å². The highest BCUT2D eigenvalue weighted by atomic mass is 32.2.